The van der Waals surface area contributed by atoms with Gasteiger partial charge in [-0.1, -0.05) is 26.0 Å². The molecule has 1 aromatic carbocycles. The average molecular weight is 303 g/mol. The fraction of sp³-hybridized carbons (Fsp3) is 0.444. The van der Waals surface area contributed by atoms with Crippen molar-refractivity contribution >= 4 is 11.3 Å². The molecular formula is C18H25NOS. The number of rotatable bonds is 8. The van der Waals surface area contributed by atoms with Crippen molar-refractivity contribution in [3.05, 3.63) is 51.7 Å². The van der Waals surface area contributed by atoms with Gasteiger partial charge in [0.25, 0.3) is 0 Å². The number of hydrogen-bond acceptors (Lipinski definition) is 3. The maximum atomic E-state index is 5.22. The number of thiophene rings is 1. The van der Waals surface area contributed by atoms with E-state index < -0.39 is 0 Å². The van der Waals surface area contributed by atoms with Crippen molar-refractivity contribution in [1.82, 2.24) is 5.32 Å². The number of ether oxygens (including phenoxy) is 1. The first-order chi connectivity index (χ1) is 10.2. The number of methoxy groups -OCH3 is 1. The summed E-state index contributed by atoms with van der Waals surface area (Å²) in [6, 6.07) is 13.4. The fourth-order valence-electron chi connectivity index (χ4n) is 2.52. The van der Waals surface area contributed by atoms with Crippen molar-refractivity contribution in [3.8, 4) is 5.75 Å². The number of benzene rings is 1. The second kappa shape index (κ2) is 8.20. The smallest absolute Gasteiger partial charge is 0.118 e. The van der Waals surface area contributed by atoms with Crippen molar-refractivity contribution in [2.45, 2.75) is 39.2 Å². The van der Waals surface area contributed by atoms with Gasteiger partial charge in [-0.2, -0.15) is 0 Å². The topological polar surface area (TPSA) is 21.3 Å². The Morgan fingerprint density at radius 2 is 1.71 bits per heavy atom. The summed E-state index contributed by atoms with van der Waals surface area (Å²) >= 11 is 1.94. The fourth-order valence-corrected chi connectivity index (χ4v) is 3.55. The Hall–Kier alpha value is -1.32. The molecule has 1 heterocycles. The first kappa shape index (κ1) is 16.1. The van der Waals surface area contributed by atoms with Gasteiger partial charge in [0.15, 0.2) is 0 Å². The van der Waals surface area contributed by atoms with Crippen LogP contribution in [0, 0.1) is 0 Å². The van der Waals surface area contributed by atoms with E-state index in [0.717, 1.165) is 31.6 Å². The lowest BCUT2D eigenvalue weighted by atomic mass is 10.0. The molecule has 2 rings (SSSR count). The van der Waals surface area contributed by atoms with Crippen LogP contribution in [0.3, 0.4) is 0 Å². The van der Waals surface area contributed by atoms with Crippen LogP contribution in [0.15, 0.2) is 36.4 Å². The molecule has 0 aliphatic carbocycles. The second-order valence-electron chi connectivity index (χ2n) is 5.23. The lowest BCUT2D eigenvalue weighted by Crippen LogP contribution is -2.32. The van der Waals surface area contributed by atoms with E-state index in [1.165, 1.54) is 15.3 Å². The minimum atomic E-state index is 0.492. The minimum Gasteiger partial charge on any atom is -0.497 e. The number of nitrogens with one attached hydrogen (secondary N) is 1. The molecule has 3 heteroatoms. The molecule has 21 heavy (non-hydrogen) atoms. The van der Waals surface area contributed by atoms with Gasteiger partial charge in [0, 0.05) is 15.8 Å². The first-order valence-electron chi connectivity index (χ1n) is 7.69. The Balaban J connectivity index is 2.00. The lowest BCUT2D eigenvalue weighted by molar-refractivity contribution is 0.414. The highest BCUT2D eigenvalue weighted by atomic mass is 32.1. The standard InChI is InChI=1S/C18H25NOS/c1-4-17-10-11-18(21-17)13-15(19-5-2)12-14-6-8-16(20-3)9-7-14/h6-11,15,19H,4-5,12-13H2,1-3H3. The maximum Gasteiger partial charge on any atom is 0.118 e. The molecule has 0 aliphatic rings. The van der Waals surface area contributed by atoms with Crippen LogP contribution in [0.4, 0.5) is 0 Å². The van der Waals surface area contributed by atoms with Crippen molar-refractivity contribution in [2.75, 3.05) is 13.7 Å². The second-order valence-corrected chi connectivity index (χ2v) is 6.49. The summed E-state index contributed by atoms with van der Waals surface area (Å²) < 4.78 is 5.22. The molecule has 0 spiro atoms. The van der Waals surface area contributed by atoms with Crippen LogP contribution in [-0.4, -0.2) is 19.7 Å². The van der Waals surface area contributed by atoms with Crippen LogP contribution in [0.25, 0.3) is 0 Å². The lowest BCUT2D eigenvalue weighted by Gasteiger charge is -2.17. The van der Waals surface area contributed by atoms with E-state index in [2.05, 4.69) is 43.4 Å². The highest BCUT2D eigenvalue weighted by Crippen LogP contribution is 2.20. The molecule has 114 valence electrons. The van der Waals surface area contributed by atoms with E-state index >= 15 is 0 Å². The third kappa shape index (κ3) is 4.87. The monoisotopic (exact) mass is 303 g/mol. The predicted molar refractivity (Wildman–Crippen MR) is 91.6 cm³/mol. The summed E-state index contributed by atoms with van der Waals surface area (Å²) in [4.78, 5) is 2.95. The molecule has 0 amide bonds. The summed E-state index contributed by atoms with van der Waals surface area (Å²) in [7, 11) is 1.71. The summed E-state index contributed by atoms with van der Waals surface area (Å²) in [6.07, 6.45) is 3.29. The third-order valence-corrected chi connectivity index (χ3v) is 4.90. The van der Waals surface area contributed by atoms with Crippen LogP contribution in [0.5, 0.6) is 5.75 Å². The summed E-state index contributed by atoms with van der Waals surface area (Å²) in [6.45, 7) is 5.40. The Morgan fingerprint density at radius 3 is 2.29 bits per heavy atom. The highest BCUT2D eigenvalue weighted by molar-refractivity contribution is 7.11. The first-order valence-corrected chi connectivity index (χ1v) is 8.50. The molecule has 0 fully saturated rings. The van der Waals surface area contributed by atoms with Gasteiger partial charge in [0.1, 0.15) is 5.75 Å². The van der Waals surface area contributed by atoms with E-state index in [1.54, 1.807) is 7.11 Å². The zero-order valence-electron chi connectivity index (χ0n) is 13.2. The Kier molecular flexibility index (Phi) is 6.27. The van der Waals surface area contributed by atoms with Gasteiger partial charge in [-0.05, 0) is 55.6 Å². The molecule has 0 saturated carbocycles. The zero-order chi connectivity index (χ0) is 15.1. The van der Waals surface area contributed by atoms with E-state index in [9.17, 15) is 0 Å². The average Bonchev–Trinajstić information content (AvgIpc) is 2.96. The van der Waals surface area contributed by atoms with Gasteiger partial charge in [-0.25, -0.2) is 0 Å². The van der Waals surface area contributed by atoms with Crippen LogP contribution in [0.2, 0.25) is 0 Å². The van der Waals surface area contributed by atoms with Gasteiger partial charge >= 0.3 is 0 Å². The Labute approximate surface area is 132 Å². The maximum absolute atomic E-state index is 5.22. The summed E-state index contributed by atoms with van der Waals surface area (Å²) in [5.74, 6) is 0.921. The summed E-state index contributed by atoms with van der Waals surface area (Å²) in [5.41, 5.74) is 1.36. The SMILES string of the molecule is CCNC(Cc1ccc(OC)cc1)Cc1ccc(CC)s1. The molecule has 0 bridgehead atoms. The van der Waals surface area contributed by atoms with Crippen LogP contribution in [-0.2, 0) is 19.3 Å². The number of aryl methyl sites for hydroxylation is 1. The van der Waals surface area contributed by atoms with E-state index in [-0.39, 0.29) is 0 Å². The molecule has 1 unspecified atom stereocenters. The molecule has 0 aliphatic heterocycles. The number of hydrogen-bond donors (Lipinski definition) is 1. The quantitative estimate of drug-likeness (QED) is 0.793. The largest absolute Gasteiger partial charge is 0.497 e. The Bertz CT molecular complexity index is 532. The molecule has 0 saturated heterocycles. The highest BCUT2D eigenvalue weighted by Gasteiger charge is 2.11. The normalized spacial score (nSPS) is 12.3. The van der Waals surface area contributed by atoms with Crippen molar-refractivity contribution < 1.29 is 4.74 Å². The van der Waals surface area contributed by atoms with Gasteiger partial charge in [0.05, 0.1) is 7.11 Å². The van der Waals surface area contributed by atoms with E-state index in [4.69, 9.17) is 4.74 Å². The van der Waals surface area contributed by atoms with Crippen molar-refractivity contribution in [1.29, 1.82) is 0 Å². The predicted octanol–water partition coefficient (Wildman–Crippen LogP) is 4.08. The van der Waals surface area contributed by atoms with E-state index in [0.29, 0.717) is 6.04 Å². The summed E-state index contributed by atoms with van der Waals surface area (Å²) in [5, 5.41) is 3.61. The van der Waals surface area contributed by atoms with Gasteiger partial charge in [0.2, 0.25) is 0 Å². The molecular weight excluding hydrogens is 278 g/mol. The van der Waals surface area contributed by atoms with Crippen molar-refractivity contribution in [2.24, 2.45) is 0 Å². The van der Waals surface area contributed by atoms with Gasteiger partial charge in [-0.15, -0.1) is 11.3 Å². The molecule has 0 radical (unpaired) electrons. The van der Waals surface area contributed by atoms with E-state index in [1.807, 2.05) is 23.5 Å². The van der Waals surface area contributed by atoms with Gasteiger partial charge < -0.3 is 10.1 Å². The molecule has 2 aromatic rings. The van der Waals surface area contributed by atoms with Crippen LogP contribution < -0.4 is 10.1 Å². The van der Waals surface area contributed by atoms with Gasteiger partial charge in [-0.3, -0.25) is 0 Å². The molecule has 1 N–H and O–H groups in total. The minimum absolute atomic E-state index is 0.492. The van der Waals surface area contributed by atoms with Crippen LogP contribution in [0.1, 0.15) is 29.2 Å². The Morgan fingerprint density at radius 1 is 1.00 bits per heavy atom. The molecule has 2 nitrogen and oxygen atoms in total. The van der Waals surface area contributed by atoms with Crippen molar-refractivity contribution in [3.63, 3.8) is 0 Å². The third-order valence-electron chi connectivity index (χ3n) is 3.65. The zero-order valence-corrected chi connectivity index (χ0v) is 14.0. The van der Waals surface area contributed by atoms with Crippen LogP contribution >= 0.6 is 11.3 Å². The number of likely N-dealkylation sites (N-methyl/N-ethyl adjacent to an activating group) is 1. The molecule has 1 atom stereocenters. The molecule has 1 aromatic heterocycles.